The molecule has 0 aliphatic rings. The summed E-state index contributed by atoms with van der Waals surface area (Å²) < 4.78 is 5.55. The fourth-order valence-corrected chi connectivity index (χ4v) is 5.17. The van der Waals surface area contributed by atoms with E-state index in [9.17, 15) is 9.59 Å². The van der Waals surface area contributed by atoms with Crippen LogP contribution in [0.2, 0.25) is 0 Å². The van der Waals surface area contributed by atoms with Crippen molar-refractivity contribution in [3.63, 3.8) is 0 Å². The van der Waals surface area contributed by atoms with E-state index in [-0.39, 0.29) is 76.5 Å². The van der Waals surface area contributed by atoms with Crippen molar-refractivity contribution in [3.8, 4) is 0 Å². The molecule has 0 unspecified atom stereocenters. The van der Waals surface area contributed by atoms with Gasteiger partial charge in [0, 0.05) is 19.4 Å². The fraction of sp³-hybridized carbons (Fsp3) is 0.892. The maximum Gasteiger partial charge on any atom is 1.00 e. The summed E-state index contributed by atoms with van der Waals surface area (Å²) in [4.78, 5) is 25.3. The first-order chi connectivity index (χ1) is 20.5. The maximum atomic E-state index is 11.6. The molecular weight excluding hydrogens is 562 g/mol. The van der Waals surface area contributed by atoms with Gasteiger partial charge in [0.25, 0.3) is 5.97 Å². The third kappa shape index (κ3) is 38.8. The number of unbranched alkanes of at least 4 members (excludes halogenated alkanes) is 16. The molecule has 252 valence electrons. The van der Waals surface area contributed by atoms with Crippen molar-refractivity contribution in [1.82, 2.24) is 4.90 Å². The molecule has 0 aliphatic carbocycles. The molecule has 0 aromatic rings. The van der Waals surface area contributed by atoms with E-state index in [4.69, 9.17) is 9.84 Å². The van der Waals surface area contributed by atoms with Crippen LogP contribution in [-0.4, -0.2) is 54.1 Å². The Hall–Kier alpha value is 0.696. The molecule has 43 heavy (non-hydrogen) atoms. The van der Waals surface area contributed by atoms with Gasteiger partial charge >= 0.3 is 51.4 Å². The Morgan fingerprint density at radius 1 is 0.628 bits per heavy atom. The van der Waals surface area contributed by atoms with Crippen LogP contribution in [-0.2, 0) is 14.3 Å². The van der Waals surface area contributed by atoms with Crippen LogP contribution in [0.1, 0.15) is 181 Å². The molecule has 0 aliphatic heterocycles. The van der Waals surface area contributed by atoms with Gasteiger partial charge in [-0.05, 0) is 51.5 Å². The second-order valence-corrected chi connectivity index (χ2v) is 12.1. The number of carbonyl (C=O) groups is 2. The van der Waals surface area contributed by atoms with Crippen molar-refractivity contribution in [1.29, 1.82) is 0 Å². The summed E-state index contributed by atoms with van der Waals surface area (Å²) in [6.07, 6.45) is 28.8. The van der Waals surface area contributed by atoms with Crippen LogP contribution < -0.4 is 51.4 Å². The van der Waals surface area contributed by atoms with Crippen molar-refractivity contribution in [3.05, 3.63) is 13.8 Å². The molecule has 0 heterocycles. The van der Waals surface area contributed by atoms with Crippen molar-refractivity contribution in [2.45, 2.75) is 187 Å². The molecule has 0 rings (SSSR count). The predicted molar refractivity (Wildman–Crippen MR) is 182 cm³/mol. The first kappa shape index (κ1) is 48.1. The van der Waals surface area contributed by atoms with Gasteiger partial charge in [0.05, 0.1) is 6.61 Å². The summed E-state index contributed by atoms with van der Waals surface area (Å²) >= 11 is 0. The molecule has 5 nitrogen and oxygen atoms in total. The Labute approximate surface area is 312 Å². The molecule has 0 aromatic carbocycles. The van der Waals surface area contributed by atoms with Crippen molar-refractivity contribution >= 4 is 11.8 Å². The summed E-state index contributed by atoms with van der Waals surface area (Å²) in [5.74, 6) is 0.308. The minimum absolute atomic E-state index is 0. The predicted octanol–water partition coefficient (Wildman–Crippen LogP) is 7.23. The van der Waals surface area contributed by atoms with Gasteiger partial charge in [0.2, 0.25) is 0 Å². The fourth-order valence-electron chi connectivity index (χ4n) is 5.17. The Balaban J connectivity index is -0.000000730. The molecule has 0 spiro atoms. The summed E-state index contributed by atoms with van der Waals surface area (Å²) in [6, 6.07) is 0. The minimum atomic E-state index is -0.137. The number of rotatable bonds is 31. The first-order valence-electron chi connectivity index (χ1n) is 18.1. The van der Waals surface area contributed by atoms with Gasteiger partial charge in [-0.2, -0.15) is 0 Å². The second-order valence-electron chi connectivity index (χ2n) is 12.1. The van der Waals surface area contributed by atoms with E-state index in [0.29, 0.717) is 5.78 Å². The number of hydrogen-bond donors (Lipinski definition) is 1. The number of nitrogens with zero attached hydrogens (tertiary/aromatic N) is 1. The Kier molecular flexibility index (Phi) is 45.5. The van der Waals surface area contributed by atoms with Crippen LogP contribution in [0.3, 0.4) is 0 Å². The molecule has 0 atom stereocenters. The smallest absolute Gasteiger partial charge is 0.464 e. The Morgan fingerprint density at radius 3 is 1.49 bits per heavy atom. The molecule has 0 bridgehead atoms. The van der Waals surface area contributed by atoms with Crippen LogP contribution in [0.5, 0.6) is 0 Å². The van der Waals surface area contributed by atoms with Gasteiger partial charge in [0.15, 0.2) is 0 Å². The maximum absolute atomic E-state index is 11.6. The zero-order valence-electron chi connectivity index (χ0n) is 29.6. The summed E-state index contributed by atoms with van der Waals surface area (Å²) in [5.41, 5.74) is 0. The minimum Gasteiger partial charge on any atom is -0.464 e. The standard InChI is InChI=1S/C20H39O2.C17H34NO2.K/c1-4-7-9-11-13-15-17-19(22-20(21)6-3)18-16-14-12-10-8-5-2;1-3-5-6-9-12-17(20)13-10-7-8-11-14-18(4-2)15-16-19;/h19H,3-18H2,1-2H3;19H,2-16H2,1H3;/q2*-1;+1. The van der Waals surface area contributed by atoms with E-state index < -0.39 is 0 Å². The molecule has 0 saturated carbocycles. The molecule has 0 fully saturated rings. The molecule has 0 radical (unpaired) electrons. The van der Waals surface area contributed by atoms with Gasteiger partial charge in [-0.3, -0.25) is 9.59 Å². The van der Waals surface area contributed by atoms with Crippen molar-refractivity contribution < 1.29 is 70.8 Å². The van der Waals surface area contributed by atoms with Gasteiger partial charge in [-0.25, -0.2) is 0 Å². The monoisotopic (exact) mass is 635 g/mol. The molecule has 1 N–H and O–H groups in total. The average molecular weight is 635 g/mol. The van der Waals surface area contributed by atoms with E-state index >= 15 is 0 Å². The first-order valence-corrected chi connectivity index (χ1v) is 18.1. The zero-order valence-corrected chi connectivity index (χ0v) is 32.7. The van der Waals surface area contributed by atoms with Crippen LogP contribution in [0, 0.1) is 13.8 Å². The van der Waals surface area contributed by atoms with E-state index in [2.05, 4.69) is 39.5 Å². The number of Topliss-reactive ketones (excluding diaryl/α,β-unsaturated/α-hetero) is 1. The number of aliphatic hydroxyl groups excluding tert-OH is 1. The van der Waals surface area contributed by atoms with Crippen LogP contribution >= 0.6 is 0 Å². The Morgan fingerprint density at radius 2 is 1.05 bits per heavy atom. The van der Waals surface area contributed by atoms with Gasteiger partial charge in [0.1, 0.15) is 11.9 Å². The summed E-state index contributed by atoms with van der Waals surface area (Å²) in [7, 11) is 0. The van der Waals surface area contributed by atoms with Gasteiger partial charge < -0.3 is 28.6 Å². The quantitative estimate of drug-likeness (QED) is 0.0377. The topological polar surface area (TPSA) is 66.8 Å². The van der Waals surface area contributed by atoms with Crippen LogP contribution in [0.4, 0.5) is 0 Å². The number of aliphatic hydroxyl groups is 1. The number of esters is 1. The van der Waals surface area contributed by atoms with Crippen LogP contribution in [0.25, 0.3) is 0 Å². The van der Waals surface area contributed by atoms with Crippen LogP contribution in [0.15, 0.2) is 0 Å². The number of ketones is 1. The second kappa shape index (κ2) is 40.7. The SMILES string of the molecule is [CH2-]CC(=O)OC(CCCCCCCC)CCCCCCCC.[CH2-]CN(CCO)CCCCCCC(=O)CCCCCC.[K+]. The number of carbonyl (C=O) groups excluding carboxylic acids is 2. The normalized spacial score (nSPS) is 10.9. The van der Waals surface area contributed by atoms with E-state index in [0.717, 1.165) is 71.0 Å². The number of ether oxygens (including phenoxy) is 1. The van der Waals surface area contributed by atoms with Gasteiger partial charge in [-0.1, -0.05) is 124 Å². The van der Waals surface area contributed by atoms with Gasteiger partial charge in [-0.15, -0.1) is 6.54 Å². The average Bonchev–Trinajstić information content (AvgIpc) is 2.99. The van der Waals surface area contributed by atoms with E-state index in [1.165, 1.54) is 103 Å². The van der Waals surface area contributed by atoms with Crippen molar-refractivity contribution in [2.75, 3.05) is 26.2 Å². The zero-order chi connectivity index (χ0) is 31.5. The van der Waals surface area contributed by atoms with E-state index in [1.54, 1.807) is 0 Å². The third-order valence-electron chi connectivity index (χ3n) is 7.98. The molecule has 6 heteroatoms. The van der Waals surface area contributed by atoms with E-state index in [1.807, 2.05) is 0 Å². The molecule has 0 saturated heterocycles. The van der Waals surface area contributed by atoms with Crippen molar-refractivity contribution in [2.24, 2.45) is 0 Å². The summed E-state index contributed by atoms with van der Waals surface area (Å²) in [6.45, 7) is 16.9. The number of hydrogen-bond acceptors (Lipinski definition) is 5. The summed E-state index contributed by atoms with van der Waals surface area (Å²) in [5, 5.41) is 8.87. The molecule has 0 aromatic heterocycles. The molecule has 0 amide bonds. The third-order valence-corrected chi connectivity index (χ3v) is 7.98. The largest absolute Gasteiger partial charge is 1.00 e. The molecular formula is C37H73KNO4-. The Bertz CT molecular complexity index is 545.